The largest absolute Gasteiger partial charge is 0.426 e. The zero-order valence-corrected chi connectivity index (χ0v) is 11.7. The van der Waals surface area contributed by atoms with Crippen LogP contribution in [-0.4, -0.2) is 5.97 Å². The maximum absolute atomic E-state index is 12.1. The van der Waals surface area contributed by atoms with Gasteiger partial charge in [0.15, 0.2) is 0 Å². The van der Waals surface area contributed by atoms with Gasteiger partial charge in [0.25, 0.3) is 0 Å². The van der Waals surface area contributed by atoms with Gasteiger partial charge in [0.2, 0.25) is 0 Å². The smallest absolute Gasteiger partial charge is 0.314 e. The minimum atomic E-state index is -0.206. The summed E-state index contributed by atoms with van der Waals surface area (Å²) in [4.78, 5) is 12.1. The number of rotatable bonds is 3. The van der Waals surface area contributed by atoms with Gasteiger partial charge in [-0.05, 0) is 55.9 Å². The second-order valence-corrected chi connectivity index (χ2v) is 5.16. The van der Waals surface area contributed by atoms with Crippen molar-refractivity contribution in [3.63, 3.8) is 0 Å². The molecular weight excluding hydrogens is 264 g/mol. The Balaban J connectivity index is 1.86. The van der Waals surface area contributed by atoms with Crippen LogP contribution in [0.2, 0.25) is 0 Å². The van der Waals surface area contributed by atoms with Gasteiger partial charge in [-0.1, -0.05) is 6.08 Å². The zero-order valence-electron chi connectivity index (χ0n) is 11.7. The molecule has 0 atom stereocenters. The maximum Gasteiger partial charge on any atom is 0.314 e. The van der Waals surface area contributed by atoms with Crippen LogP contribution in [0.3, 0.4) is 0 Å². The molecule has 106 valence electrons. The molecule has 4 nitrogen and oxygen atoms in total. The lowest BCUT2D eigenvalue weighted by Crippen LogP contribution is -2.25. The average Bonchev–Trinajstić information content (AvgIpc) is 2.54. The highest BCUT2D eigenvalue weighted by molar-refractivity contribution is 5.75. The second kappa shape index (κ2) is 7.26. The van der Waals surface area contributed by atoms with Crippen molar-refractivity contribution in [2.45, 2.75) is 25.7 Å². The molecule has 0 amide bonds. The van der Waals surface area contributed by atoms with E-state index in [2.05, 4.69) is 0 Å². The zero-order chi connectivity index (χ0) is 15.1. The van der Waals surface area contributed by atoms with Crippen LogP contribution in [0.1, 0.15) is 31.2 Å². The van der Waals surface area contributed by atoms with E-state index < -0.39 is 0 Å². The van der Waals surface area contributed by atoms with Crippen LogP contribution in [0.15, 0.2) is 36.4 Å². The Morgan fingerprint density at radius 1 is 1.14 bits per heavy atom. The number of benzene rings is 1. The highest BCUT2D eigenvalue weighted by atomic mass is 16.5. The molecule has 0 aromatic heterocycles. The summed E-state index contributed by atoms with van der Waals surface area (Å²) in [5.41, 5.74) is 0.541. The number of carbonyl (C=O) groups excluding carboxylic acids is 1. The van der Waals surface area contributed by atoms with Gasteiger partial charge in [-0.15, -0.1) is 0 Å². The molecule has 1 aliphatic carbocycles. The van der Waals surface area contributed by atoms with Gasteiger partial charge in [-0.2, -0.15) is 10.5 Å². The average molecular weight is 280 g/mol. The molecule has 2 rings (SSSR count). The fraction of sp³-hybridized carbons (Fsp3) is 0.353. The number of esters is 1. The van der Waals surface area contributed by atoms with Gasteiger partial charge in [-0.25, -0.2) is 0 Å². The number of nitrogens with zero attached hydrogens (tertiary/aromatic N) is 2. The lowest BCUT2D eigenvalue weighted by molar-refractivity contribution is -0.140. The highest BCUT2D eigenvalue weighted by Crippen LogP contribution is 2.30. The molecule has 1 aromatic carbocycles. The molecule has 1 saturated carbocycles. The summed E-state index contributed by atoms with van der Waals surface area (Å²) < 4.78 is 5.35. The first-order valence-corrected chi connectivity index (χ1v) is 7.01. The number of allylic oxidation sites excluding steroid dienone is 2. The first-order chi connectivity index (χ1) is 10.2. The van der Waals surface area contributed by atoms with E-state index in [1.807, 2.05) is 18.2 Å². The Hall–Kier alpha value is -2.59. The first-order valence-electron chi connectivity index (χ1n) is 7.01. The van der Waals surface area contributed by atoms with Gasteiger partial charge in [0, 0.05) is 6.08 Å². The number of hydrogen-bond acceptors (Lipinski definition) is 4. The number of nitriles is 2. The summed E-state index contributed by atoms with van der Waals surface area (Å²) in [5, 5.41) is 17.2. The van der Waals surface area contributed by atoms with Gasteiger partial charge in [0.05, 0.1) is 23.6 Å². The Morgan fingerprint density at radius 3 is 2.38 bits per heavy atom. The molecule has 0 N–H and O–H groups in total. The quantitative estimate of drug-likeness (QED) is 0.483. The molecule has 0 saturated heterocycles. The van der Waals surface area contributed by atoms with Crippen LogP contribution in [0, 0.1) is 34.5 Å². The summed E-state index contributed by atoms with van der Waals surface area (Å²) in [6, 6.07) is 10.6. The molecule has 0 unspecified atom stereocenters. The van der Waals surface area contributed by atoms with Crippen LogP contribution in [0.4, 0.5) is 0 Å². The van der Waals surface area contributed by atoms with Crippen molar-refractivity contribution in [1.29, 1.82) is 10.5 Å². The van der Waals surface area contributed by atoms with Gasteiger partial charge in [0.1, 0.15) is 5.75 Å². The Morgan fingerprint density at radius 2 is 1.81 bits per heavy atom. The summed E-state index contributed by atoms with van der Waals surface area (Å²) >= 11 is 0. The van der Waals surface area contributed by atoms with Crippen LogP contribution in [-0.2, 0) is 4.79 Å². The van der Waals surface area contributed by atoms with Crippen LogP contribution >= 0.6 is 0 Å². The molecule has 0 spiro atoms. The maximum atomic E-state index is 12.1. The summed E-state index contributed by atoms with van der Waals surface area (Å²) in [5.74, 6) is 0.587. The van der Waals surface area contributed by atoms with E-state index in [0.29, 0.717) is 17.2 Å². The highest BCUT2D eigenvalue weighted by Gasteiger charge is 2.26. The normalized spacial score (nSPS) is 21.4. The van der Waals surface area contributed by atoms with Crippen molar-refractivity contribution in [3.05, 3.63) is 42.0 Å². The van der Waals surface area contributed by atoms with E-state index in [-0.39, 0.29) is 11.9 Å². The van der Waals surface area contributed by atoms with E-state index in [1.165, 1.54) is 6.08 Å². The Bertz CT molecular complexity index is 597. The van der Waals surface area contributed by atoms with Gasteiger partial charge >= 0.3 is 5.97 Å². The summed E-state index contributed by atoms with van der Waals surface area (Å²) in [6.45, 7) is 0. The molecule has 21 heavy (non-hydrogen) atoms. The molecule has 0 aliphatic heterocycles. The SMILES string of the molecule is N#C/C=C/C1CCC(C(=O)Oc2ccc(C#N)cc2)CC1. The molecule has 0 bridgehead atoms. The number of ether oxygens (including phenoxy) is 1. The lowest BCUT2D eigenvalue weighted by Gasteiger charge is -2.25. The van der Waals surface area contributed by atoms with E-state index in [1.54, 1.807) is 24.3 Å². The third-order valence-electron chi connectivity index (χ3n) is 3.75. The second-order valence-electron chi connectivity index (χ2n) is 5.16. The van der Waals surface area contributed by atoms with Gasteiger partial charge in [-0.3, -0.25) is 4.79 Å². The van der Waals surface area contributed by atoms with Gasteiger partial charge < -0.3 is 4.74 Å². The van der Waals surface area contributed by atoms with Crippen molar-refractivity contribution in [2.75, 3.05) is 0 Å². The predicted molar refractivity (Wildman–Crippen MR) is 77.0 cm³/mol. The fourth-order valence-corrected chi connectivity index (χ4v) is 2.52. The molecule has 4 heteroatoms. The summed E-state index contributed by atoms with van der Waals surface area (Å²) in [6.07, 6.45) is 6.82. The topological polar surface area (TPSA) is 73.9 Å². The Kier molecular flexibility index (Phi) is 5.12. The van der Waals surface area contributed by atoms with Crippen LogP contribution < -0.4 is 4.74 Å². The van der Waals surface area contributed by atoms with E-state index >= 15 is 0 Å². The molecule has 0 heterocycles. The fourth-order valence-electron chi connectivity index (χ4n) is 2.52. The number of hydrogen-bond donors (Lipinski definition) is 0. The Labute approximate surface area is 124 Å². The van der Waals surface area contributed by atoms with E-state index in [0.717, 1.165) is 25.7 Å². The third-order valence-corrected chi connectivity index (χ3v) is 3.75. The molecule has 1 fully saturated rings. The molecule has 0 radical (unpaired) electrons. The summed E-state index contributed by atoms with van der Waals surface area (Å²) in [7, 11) is 0. The van der Waals surface area contributed by atoms with Crippen LogP contribution in [0.25, 0.3) is 0 Å². The van der Waals surface area contributed by atoms with Crippen molar-refractivity contribution >= 4 is 5.97 Å². The molecule has 1 aliphatic rings. The van der Waals surface area contributed by atoms with Crippen molar-refractivity contribution in [1.82, 2.24) is 0 Å². The van der Waals surface area contributed by atoms with Crippen molar-refractivity contribution < 1.29 is 9.53 Å². The monoisotopic (exact) mass is 280 g/mol. The standard InChI is InChI=1S/C17H16N2O2/c18-11-1-2-13-3-7-15(8-4-13)17(20)21-16-9-5-14(12-19)6-10-16/h1-2,5-6,9-10,13,15H,3-4,7-8H2/b2-1+. The van der Waals surface area contributed by atoms with Crippen molar-refractivity contribution in [2.24, 2.45) is 11.8 Å². The predicted octanol–water partition coefficient (Wildman–Crippen LogP) is 3.35. The minimum absolute atomic E-state index is 0.0765. The van der Waals surface area contributed by atoms with E-state index in [9.17, 15) is 4.79 Å². The third kappa shape index (κ3) is 4.19. The molecular formula is C17H16N2O2. The van der Waals surface area contributed by atoms with E-state index in [4.69, 9.17) is 15.3 Å². The van der Waals surface area contributed by atoms with Crippen LogP contribution in [0.5, 0.6) is 5.75 Å². The number of carbonyl (C=O) groups is 1. The van der Waals surface area contributed by atoms with Crippen molar-refractivity contribution in [3.8, 4) is 17.9 Å². The minimum Gasteiger partial charge on any atom is -0.426 e. The molecule has 1 aromatic rings. The lowest BCUT2D eigenvalue weighted by atomic mass is 9.82. The first kappa shape index (κ1) is 14.8.